The molecule has 0 N–H and O–H groups in total. The fourth-order valence-electron chi connectivity index (χ4n) is 2.84. The minimum Gasteiger partial charge on any atom is -0.496 e. The second-order valence-electron chi connectivity index (χ2n) is 5.18. The summed E-state index contributed by atoms with van der Waals surface area (Å²) in [6, 6.07) is 5.75. The summed E-state index contributed by atoms with van der Waals surface area (Å²) < 4.78 is 5.31. The molecule has 6 nitrogen and oxygen atoms in total. The van der Waals surface area contributed by atoms with Gasteiger partial charge >= 0.3 is 0 Å². The van der Waals surface area contributed by atoms with Crippen LogP contribution in [0.2, 0.25) is 0 Å². The van der Waals surface area contributed by atoms with E-state index < -0.39 is 12.1 Å². The van der Waals surface area contributed by atoms with Crippen LogP contribution < -0.4 is 4.74 Å². The van der Waals surface area contributed by atoms with Gasteiger partial charge in [-0.3, -0.25) is 14.9 Å². The molecule has 1 aliphatic rings. The quantitative estimate of drug-likeness (QED) is 0.596. The lowest BCUT2D eigenvalue weighted by atomic mass is 9.99. The van der Waals surface area contributed by atoms with E-state index in [0.29, 0.717) is 17.9 Å². The summed E-state index contributed by atoms with van der Waals surface area (Å²) in [5.41, 5.74) is 0.712. The Morgan fingerprint density at radius 1 is 1.43 bits per heavy atom. The van der Waals surface area contributed by atoms with E-state index in [-0.39, 0.29) is 17.3 Å². The number of carbonyl (C=O) groups is 1. The zero-order valence-electron chi connectivity index (χ0n) is 12.3. The molecule has 21 heavy (non-hydrogen) atoms. The van der Waals surface area contributed by atoms with E-state index in [1.54, 1.807) is 17.0 Å². The van der Waals surface area contributed by atoms with Gasteiger partial charge in [-0.25, -0.2) is 0 Å². The molecule has 0 radical (unpaired) electrons. The molecule has 2 atom stereocenters. The monoisotopic (exact) mass is 292 g/mol. The number of methoxy groups -OCH3 is 1. The number of carbonyl (C=O) groups excluding carboxylic acids is 1. The second kappa shape index (κ2) is 6.56. The van der Waals surface area contributed by atoms with Gasteiger partial charge in [0, 0.05) is 17.0 Å². The van der Waals surface area contributed by atoms with Crippen molar-refractivity contribution >= 4 is 5.91 Å². The Hall–Kier alpha value is -2.11. The van der Waals surface area contributed by atoms with Gasteiger partial charge in [0.15, 0.2) is 0 Å². The molecule has 6 heteroatoms. The number of hydrogen-bond donors (Lipinski definition) is 0. The van der Waals surface area contributed by atoms with Crippen molar-refractivity contribution in [1.29, 1.82) is 0 Å². The largest absolute Gasteiger partial charge is 0.496 e. The first kappa shape index (κ1) is 15.3. The highest BCUT2D eigenvalue weighted by molar-refractivity contribution is 5.80. The van der Waals surface area contributed by atoms with Crippen molar-refractivity contribution < 1.29 is 14.5 Å². The molecule has 1 heterocycles. The number of benzene rings is 1. The van der Waals surface area contributed by atoms with Crippen LogP contribution in [0.15, 0.2) is 24.3 Å². The predicted molar refractivity (Wildman–Crippen MR) is 77.8 cm³/mol. The van der Waals surface area contributed by atoms with Crippen molar-refractivity contribution in [2.75, 3.05) is 13.7 Å². The van der Waals surface area contributed by atoms with Gasteiger partial charge in [0.25, 0.3) is 0 Å². The SMILES string of the molecule is CCCCN1C(=O)C[C@@H]([N+](=O)[O-])[C@@H]1c1ccccc1OC. The van der Waals surface area contributed by atoms with Gasteiger partial charge in [-0.1, -0.05) is 31.5 Å². The highest BCUT2D eigenvalue weighted by atomic mass is 16.6. The topological polar surface area (TPSA) is 72.7 Å². The molecule has 1 fully saturated rings. The van der Waals surface area contributed by atoms with E-state index in [1.165, 1.54) is 7.11 Å². The highest BCUT2D eigenvalue weighted by Crippen LogP contribution is 2.39. The van der Waals surface area contributed by atoms with Crippen LogP contribution in [0.5, 0.6) is 5.75 Å². The van der Waals surface area contributed by atoms with Crippen LogP contribution in [-0.4, -0.2) is 35.4 Å². The lowest BCUT2D eigenvalue weighted by Gasteiger charge is -2.26. The third-order valence-corrected chi connectivity index (χ3v) is 3.89. The number of ether oxygens (including phenoxy) is 1. The molecule has 0 aliphatic carbocycles. The molecule has 0 bridgehead atoms. The van der Waals surface area contributed by atoms with Crippen molar-refractivity contribution in [3.05, 3.63) is 39.9 Å². The zero-order valence-corrected chi connectivity index (χ0v) is 12.3. The van der Waals surface area contributed by atoms with Gasteiger partial charge in [0.05, 0.1) is 13.5 Å². The maximum Gasteiger partial charge on any atom is 0.246 e. The number of hydrogen-bond acceptors (Lipinski definition) is 4. The standard InChI is InChI=1S/C15H20N2O4/c1-3-4-9-16-14(18)10-12(17(19)20)15(16)11-7-5-6-8-13(11)21-2/h5-8,12,15H,3-4,9-10H2,1-2H3/t12-,15+/m1/s1. The van der Waals surface area contributed by atoms with Crippen LogP contribution >= 0.6 is 0 Å². The van der Waals surface area contributed by atoms with Crippen molar-refractivity contribution in [3.8, 4) is 5.75 Å². The maximum absolute atomic E-state index is 12.2. The molecular weight excluding hydrogens is 272 g/mol. The van der Waals surface area contributed by atoms with Gasteiger partial charge in [-0.15, -0.1) is 0 Å². The summed E-state index contributed by atoms with van der Waals surface area (Å²) in [5, 5.41) is 11.3. The van der Waals surface area contributed by atoms with Crippen LogP contribution in [0, 0.1) is 10.1 Å². The van der Waals surface area contributed by atoms with Gasteiger partial charge in [-0.05, 0) is 12.5 Å². The number of nitro groups is 1. The number of rotatable bonds is 6. The second-order valence-corrected chi connectivity index (χ2v) is 5.18. The third kappa shape index (κ3) is 2.99. The highest BCUT2D eigenvalue weighted by Gasteiger charge is 2.48. The number of nitrogens with zero attached hydrogens (tertiary/aromatic N) is 2. The molecule has 2 rings (SSSR count). The van der Waals surface area contributed by atoms with Gasteiger partial charge < -0.3 is 9.64 Å². The van der Waals surface area contributed by atoms with Gasteiger partial charge in [0.2, 0.25) is 11.9 Å². The molecule has 1 saturated heterocycles. The lowest BCUT2D eigenvalue weighted by molar-refractivity contribution is -0.525. The number of unbranched alkanes of at least 4 members (excludes halogenated alkanes) is 1. The van der Waals surface area contributed by atoms with Crippen molar-refractivity contribution in [3.63, 3.8) is 0 Å². The predicted octanol–water partition coefficient (Wildman–Crippen LogP) is 2.41. The van der Waals surface area contributed by atoms with Crippen molar-refractivity contribution in [1.82, 2.24) is 4.90 Å². The molecule has 1 aromatic rings. The van der Waals surface area contributed by atoms with Gasteiger partial charge in [0.1, 0.15) is 11.8 Å². The Morgan fingerprint density at radius 2 is 2.14 bits per heavy atom. The molecule has 0 spiro atoms. The first-order valence-electron chi connectivity index (χ1n) is 7.16. The van der Waals surface area contributed by atoms with E-state index in [0.717, 1.165) is 12.8 Å². The molecule has 1 aromatic carbocycles. The van der Waals surface area contributed by atoms with E-state index in [1.807, 2.05) is 19.1 Å². The maximum atomic E-state index is 12.2. The number of amides is 1. The number of para-hydroxylation sites is 1. The van der Waals surface area contributed by atoms with Crippen LogP contribution in [0.1, 0.15) is 37.8 Å². The Balaban J connectivity index is 2.41. The normalized spacial score (nSPS) is 21.6. The summed E-state index contributed by atoms with van der Waals surface area (Å²) in [6.45, 7) is 2.58. The van der Waals surface area contributed by atoms with E-state index in [4.69, 9.17) is 4.74 Å². The summed E-state index contributed by atoms with van der Waals surface area (Å²) in [5.74, 6) is 0.437. The van der Waals surface area contributed by atoms with Crippen LogP contribution in [0.4, 0.5) is 0 Å². The molecule has 0 saturated carbocycles. The van der Waals surface area contributed by atoms with Crippen LogP contribution in [0.25, 0.3) is 0 Å². The van der Waals surface area contributed by atoms with Gasteiger partial charge in [-0.2, -0.15) is 0 Å². The fourth-order valence-corrected chi connectivity index (χ4v) is 2.84. The minimum atomic E-state index is -0.911. The Kier molecular flexibility index (Phi) is 4.77. The number of likely N-dealkylation sites (tertiary alicyclic amines) is 1. The molecule has 1 aliphatic heterocycles. The Bertz CT molecular complexity index is 532. The van der Waals surface area contributed by atoms with Crippen molar-refractivity contribution in [2.24, 2.45) is 0 Å². The summed E-state index contributed by atoms with van der Waals surface area (Å²) >= 11 is 0. The Labute approximate surface area is 123 Å². The molecular formula is C15H20N2O4. The van der Waals surface area contributed by atoms with E-state index in [9.17, 15) is 14.9 Å². The first-order valence-corrected chi connectivity index (χ1v) is 7.16. The van der Waals surface area contributed by atoms with Crippen molar-refractivity contribution in [2.45, 2.75) is 38.3 Å². The first-order chi connectivity index (χ1) is 10.1. The zero-order chi connectivity index (χ0) is 15.4. The average Bonchev–Trinajstić information content (AvgIpc) is 2.82. The Morgan fingerprint density at radius 3 is 2.76 bits per heavy atom. The minimum absolute atomic E-state index is 0.0422. The average molecular weight is 292 g/mol. The lowest BCUT2D eigenvalue weighted by Crippen LogP contribution is -2.33. The fraction of sp³-hybridized carbons (Fsp3) is 0.533. The van der Waals surface area contributed by atoms with E-state index in [2.05, 4.69) is 0 Å². The molecule has 114 valence electrons. The molecule has 0 unspecified atom stereocenters. The van der Waals surface area contributed by atoms with Crippen LogP contribution in [-0.2, 0) is 4.79 Å². The smallest absolute Gasteiger partial charge is 0.246 e. The summed E-state index contributed by atoms with van der Waals surface area (Å²) in [6.07, 6.45) is 1.73. The van der Waals surface area contributed by atoms with E-state index >= 15 is 0 Å². The third-order valence-electron chi connectivity index (χ3n) is 3.89. The summed E-state index contributed by atoms with van der Waals surface area (Å²) in [7, 11) is 1.53. The molecule has 0 aromatic heterocycles. The summed E-state index contributed by atoms with van der Waals surface area (Å²) in [4.78, 5) is 24.8. The van der Waals surface area contributed by atoms with Crippen LogP contribution in [0.3, 0.4) is 0 Å². The molecule has 1 amide bonds.